The number of halogens is 2. The average molecular weight is 304 g/mol. The van der Waals surface area contributed by atoms with Crippen LogP contribution in [0.25, 0.3) is 0 Å². The lowest BCUT2D eigenvalue weighted by atomic mass is 10.3. The van der Waals surface area contributed by atoms with E-state index in [2.05, 4.69) is 9.62 Å². The van der Waals surface area contributed by atoms with Gasteiger partial charge in [-0.2, -0.15) is 0 Å². The fourth-order valence-electron chi connectivity index (χ4n) is 2.33. The zero-order valence-electron chi connectivity index (χ0n) is 11.1. The zero-order valence-corrected chi connectivity index (χ0v) is 11.9. The van der Waals surface area contributed by atoms with Gasteiger partial charge in [0.2, 0.25) is 10.0 Å². The summed E-state index contributed by atoms with van der Waals surface area (Å²) in [5.74, 6) is -2.14. The average Bonchev–Trinajstić information content (AvgIpc) is 2.87. The van der Waals surface area contributed by atoms with Crippen LogP contribution in [0, 0.1) is 11.6 Å². The molecule has 0 aliphatic carbocycles. The van der Waals surface area contributed by atoms with Crippen molar-refractivity contribution in [2.24, 2.45) is 0 Å². The summed E-state index contributed by atoms with van der Waals surface area (Å²) >= 11 is 0. The monoisotopic (exact) mass is 304 g/mol. The number of benzene rings is 1. The summed E-state index contributed by atoms with van der Waals surface area (Å²) in [6, 6.07) is 3.00. The van der Waals surface area contributed by atoms with Crippen LogP contribution in [0.1, 0.15) is 19.3 Å². The minimum atomic E-state index is -4.14. The summed E-state index contributed by atoms with van der Waals surface area (Å²) < 4.78 is 52.8. The molecule has 1 aliphatic rings. The fraction of sp³-hybridized carbons (Fsp3) is 0.538. The second-order valence-corrected chi connectivity index (χ2v) is 6.55. The van der Waals surface area contributed by atoms with Crippen molar-refractivity contribution in [1.29, 1.82) is 0 Å². The van der Waals surface area contributed by atoms with Crippen LogP contribution in [0.3, 0.4) is 0 Å². The Morgan fingerprint density at radius 1 is 1.15 bits per heavy atom. The lowest BCUT2D eigenvalue weighted by Gasteiger charge is -2.14. The predicted octanol–water partition coefficient (Wildman–Crippen LogP) is 1.73. The molecule has 1 N–H and O–H groups in total. The number of hydrogen-bond donors (Lipinski definition) is 1. The molecule has 1 fully saturated rings. The van der Waals surface area contributed by atoms with Gasteiger partial charge in [-0.05, 0) is 51.0 Å². The summed E-state index contributed by atoms with van der Waals surface area (Å²) in [6.45, 7) is 3.04. The van der Waals surface area contributed by atoms with Gasteiger partial charge in [-0.25, -0.2) is 21.9 Å². The molecule has 20 heavy (non-hydrogen) atoms. The van der Waals surface area contributed by atoms with E-state index in [0.717, 1.165) is 37.8 Å². The first kappa shape index (κ1) is 15.3. The molecule has 0 bridgehead atoms. The standard InChI is InChI=1S/C13H18F2N2O2S/c14-11-5-3-6-12(15)13(11)20(18,19)16-7-4-10-17-8-1-2-9-17/h3,5-6,16H,1-2,4,7-10H2. The Morgan fingerprint density at radius 3 is 2.35 bits per heavy atom. The molecule has 0 radical (unpaired) electrons. The molecule has 4 nitrogen and oxygen atoms in total. The fourth-order valence-corrected chi connectivity index (χ4v) is 3.53. The smallest absolute Gasteiger partial charge is 0.246 e. The lowest BCUT2D eigenvalue weighted by molar-refractivity contribution is 0.334. The Balaban J connectivity index is 1.90. The molecule has 0 unspecified atom stereocenters. The molecule has 1 aromatic carbocycles. The highest BCUT2D eigenvalue weighted by molar-refractivity contribution is 7.89. The third kappa shape index (κ3) is 3.74. The Morgan fingerprint density at radius 2 is 1.75 bits per heavy atom. The number of likely N-dealkylation sites (tertiary alicyclic amines) is 1. The van der Waals surface area contributed by atoms with Gasteiger partial charge in [0, 0.05) is 6.54 Å². The van der Waals surface area contributed by atoms with Gasteiger partial charge < -0.3 is 4.90 Å². The number of nitrogens with zero attached hydrogens (tertiary/aromatic N) is 1. The maximum Gasteiger partial charge on any atom is 0.246 e. The molecular formula is C13H18F2N2O2S. The topological polar surface area (TPSA) is 49.4 Å². The van der Waals surface area contributed by atoms with Crippen molar-refractivity contribution < 1.29 is 17.2 Å². The van der Waals surface area contributed by atoms with E-state index in [-0.39, 0.29) is 6.54 Å². The summed E-state index contributed by atoms with van der Waals surface area (Å²) in [7, 11) is -4.14. The van der Waals surface area contributed by atoms with Gasteiger partial charge in [-0.1, -0.05) is 6.07 Å². The molecule has 0 amide bonds. The maximum atomic E-state index is 13.4. The first-order valence-corrected chi connectivity index (χ1v) is 8.15. The minimum absolute atomic E-state index is 0.173. The van der Waals surface area contributed by atoms with Crippen LogP contribution in [0.4, 0.5) is 8.78 Å². The zero-order chi connectivity index (χ0) is 14.6. The van der Waals surface area contributed by atoms with E-state index in [9.17, 15) is 17.2 Å². The second kappa shape index (κ2) is 6.60. The van der Waals surface area contributed by atoms with Gasteiger partial charge in [0.25, 0.3) is 0 Å². The number of hydrogen-bond acceptors (Lipinski definition) is 3. The van der Waals surface area contributed by atoms with Crippen molar-refractivity contribution in [3.63, 3.8) is 0 Å². The van der Waals surface area contributed by atoms with Crippen LogP contribution >= 0.6 is 0 Å². The van der Waals surface area contributed by atoms with Gasteiger partial charge in [0.1, 0.15) is 11.6 Å². The van der Waals surface area contributed by atoms with Crippen molar-refractivity contribution in [2.75, 3.05) is 26.2 Å². The van der Waals surface area contributed by atoms with Gasteiger partial charge >= 0.3 is 0 Å². The van der Waals surface area contributed by atoms with E-state index < -0.39 is 26.6 Å². The van der Waals surface area contributed by atoms with E-state index in [1.807, 2.05) is 0 Å². The Hall–Kier alpha value is -1.05. The molecule has 0 spiro atoms. The first-order valence-electron chi connectivity index (χ1n) is 6.67. The largest absolute Gasteiger partial charge is 0.303 e. The van der Waals surface area contributed by atoms with Crippen molar-refractivity contribution in [3.05, 3.63) is 29.8 Å². The van der Waals surface area contributed by atoms with Crippen molar-refractivity contribution in [2.45, 2.75) is 24.2 Å². The molecule has 1 heterocycles. The molecule has 1 aliphatic heterocycles. The highest BCUT2D eigenvalue weighted by Gasteiger charge is 2.23. The molecule has 1 saturated heterocycles. The van der Waals surface area contributed by atoms with Crippen LogP contribution < -0.4 is 4.72 Å². The number of nitrogens with one attached hydrogen (secondary N) is 1. The summed E-state index contributed by atoms with van der Waals surface area (Å²) in [5, 5.41) is 0. The molecule has 7 heteroatoms. The molecule has 0 aromatic heterocycles. The quantitative estimate of drug-likeness (QED) is 0.814. The van der Waals surface area contributed by atoms with Gasteiger partial charge in [0.05, 0.1) is 0 Å². The minimum Gasteiger partial charge on any atom is -0.303 e. The third-order valence-electron chi connectivity index (χ3n) is 3.33. The Labute approximate surface area is 117 Å². The third-order valence-corrected chi connectivity index (χ3v) is 4.84. The van der Waals surface area contributed by atoms with Gasteiger partial charge in [-0.3, -0.25) is 0 Å². The van der Waals surface area contributed by atoms with Crippen LogP contribution in [-0.4, -0.2) is 39.5 Å². The van der Waals surface area contributed by atoms with Crippen molar-refractivity contribution in [3.8, 4) is 0 Å². The van der Waals surface area contributed by atoms with E-state index in [0.29, 0.717) is 6.42 Å². The summed E-state index contributed by atoms with van der Waals surface area (Å²) in [5.41, 5.74) is 0. The SMILES string of the molecule is O=S(=O)(NCCCN1CCCC1)c1c(F)cccc1F. The van der Waals surface area contributed by atoms with Crippen LogP contribution in [0.2, 0.25) is 0 Å². The molecular weight excluding hydrogens is 286 g/mol. The Kier molecular flexibility index (Phi) is 5.06. The van der Waals surface area contributed by atoms with Crippen LogP contribution in [0.5, 0.6) is 0 Å². The van der Waals surface area contributed by atoms with E-state index >= 15 is 0 Å². The lowest BCUT2D eigenvalue weighted by Crippen LogP contribution is -2.29. The van der Waals surface area contributed by atoms with Gasteiger partial charge in [0.15, 0.2) is 4.90 Å². The van der Waals surface area contributed by atoms with Crippen LogP contribution in [-0.2, 0) is 10.0 Å². The molecule has 0 saturated carbocycles. The first-order chi connectivity index (χ1) is 9.50. The predicted molar refractivity (Wildman–Crippen MR) is 71.8 cm³/mol. The summed E-state index contributed by atoms with van der Waals surface area (Å²) in [6.07, 6.45) is 2.97. The Bertz CT molecular complexity index is 537. The van der Waals surface area contributed by atoms with Crippen molar-refractivity contribution in [1.82, 2.24) is 9.62 Å². The van der Waals surface area contributed by atoms with Gasteiger partial charge in [-0.15, -0.1) is 0 Å². The van der Waals surface area contributed by atoms with E-state index in [1.54, 1.807) is 0 Å². The normalized spacial score (nSPS) is 16.7. The highest BCUT2D eigenvalue weighted by Crippen LogP contribution is 2.17. The van der Waals surface area contributed by atoms with Crippen LogP contribution in [0.15, 0.2) is 23.1 Å². The maximum absolute atomic E-state index is 13.4. The molecule has 112 valence electrons. The second-order valence-electron chi connectivity index (χ2n) is 4.85. The highest BCUT2D eigenvalue weighted by atomic mass is 32.2. The van der Waals surface area contributed by atoms with E-state index in [1.165, 1.54) is 12.8 Å². The van der Waals surface area contributed by atoms with E-state index in [4.69, 9.17) is 0 Å². The number of rotatable bonds is 6. The molecule has 1 aromatic rings. The molecule has 2 rings (SSSR count). The van der Waals surface area contributed by atoms with Crippen molar-refractivity contribution >= 4 is 10.0 Å². The number of sulfonamides is 1. The summed E-state index contributed by atoms with van der Waals surface area (Å²) in [4.78, 5) is 1.35. The molecule has 0 atom stereocenters.